The van der Waals surface area contributed by atoms with E-state index in [1.165, 1.54) is 11.3 Å². The van der Waals surface area contributed by atoms with Gasteiger partial charge in [-0.25, -0.2) is 0 Å². The third kappa shape index (κ3) is 1.85. The monoisotopic (exact) mass is 249 g/mol. The normalized spacial score (nSPS) is 27.6. The zero-order valence-electron chi connectivity index (χ0n) is 9.95. The van der Waals surface area contributed by atoms with Crippen molar-refractivity contribution >= 4 is 23.1 Å². The van der Waals surface area contributed by atoms with Gasteiger partial charge in [-0.05, 0) is 43.5 Å². The summed E-state index contributed by atoms with van der Waals surface area (Å²) in [6.45, 7) is 2.09. The van der Waals surface area contributed by atoms with Crippen LogP contribution in [0.4, 0.5) is 5.69 Å². The summed E-state index contributed by atoms with van der Waals surface area (Å²) in [7, 11) is 0. The predicted molar refractivity (Wildman–Crippen MR) is 69.7 cm³/mol. The maximum absolute atomic E-state index is 11.6. The summed E-state index contributed by atoms with van der Waals surface area (Å²) in [6, 6.07) is 6.88. The van der Waals surface area contributed by atoms with Crippen molar-refractivity contribution in [3.8, 4) is 0 Å². The number of carbonyl (C=O) groups excluding carboxylic acids is 1. The molecule has 3 rings (SSSR count). The minimum atomic E-state index is 0.418. The summed E-state index contributed by atoms with van der Waals surface area (Å²) in [4.78, 5) is 14.0. The lowest BCUT2D eigenvalue weighted by atomic mass is 9.99. The average molecular weight is 250 g/mol. The van der Waals surface area contributed by atoms with Crippen LogP contribution < -0.4 is 4.90 Å². The van der Waals surface area contributed by atoms with Gasteiger partial charge in [0.15, 0.2) is 0 Å². The molecule has 2 nitrogen and oxygen atoms in total. The van der Waals surface area contributed by atoms with E-state index in [4.69, 9.17) is 11.6 Å². The van der Waals surface area contributed by atoms with Gasteiger partial charge in [-0.3, -0.25) is 4.79 Å². The predicted octanol–water partition coefficient (Wildman–Crippen LogP) is 3.35. The van der Waals surface area contributed by atoms with Crippen molar-refractivity contribution in [2.75, 3.05) is 4.90 Å². The molecule has 0 spiro atoms. The fourth-order valence-corrected chi connectivity index (χ4v) is 3.50. The number of hydrogen-bond acceptors (Lipinski definition) is 2. The van der Waals surface area contributed by atoms with Crippen molar-refractivity contribution in [3.05, 3.63) is 28.8 Å². The Hall–Kier alpha value is -1.02. The average Bonchev–Trinajstić information content (AvgIpc) is 2.53. The summed E-state index contributed by atoms with van der Waals surface area (Å²) in [6.07, 6.45) is 3.74. The fraction of sp³-hybridized carbons (Fsp3) is 0.500. The molecule has 2 heterocycles. The number of carbonyl (C=O) groups is 1. The molecule has 17 heavy (non-hydrogen) atoms. The van der Waals surface area contributed by atoms with Crippen molar-refractivity contribution in [1.82, 2.24) is 0 Å². The number of halogens is 1. The SMILES string of the molecule is Cc1cc(Cl)ccc1N1C2CCC1CC(=O)C2. The number of piperidine rings is 1. The first kappa shape index (κ1) is 11.1. The second kappa shape index (κ2) is 4.02. The third-order valence-electron chi connectivity index (χ3n) is 3.98. The van der Waals surface area contributed by atoms with Crippen LogP contribution in [0.15, 0.2) is 18.2 Å². The molecule has 2 bridgehead atoms. The molecule has 2 fully saturated rings. The molecule has 0 aliphatic carbocycles. The van der Waals surface area contributed by atoms with Gasteiger partial charge in [0.05, 0.1) is 0 Å². The molecule has 0 radical (unpaired) electrons. The fourth-order valence-electron chi connectivity index (χ4n) is 3.27. The molecule has 2 atom stereocenters. The number of fused-ring (bicyclic) bond motifs is 2. The van der Waals surface area contributed by atoms with Crippen LogP contribution in [0.3, 0.4) is 0 Å². The Morgan fingerprint density at radius 3 is 2.47 bits per heavy atom. The molecule has 2 unspecified atom stereocenters. The highest BCUT2D eigenvalue weighted by molar-refractivity contribution is 6.30. The highest BCUT2D eigenvalue weighted by atomic mass is 35.5. The molecule has 90 valence electrons. The first-order chi connectivity index (χ1) is 8.15. The molecular formula is C14H16ClNO. The van der Waals surface area contributed by atoms with Crippen molar-refractivity contribution in [2.24, 2.45) is 0 Å². The second-order valence-corrected chi connectivity index (χ2v) is 5.61. The molecule has 0 saturated carbocycles. The minimum absolute atomic E-state index is 0.418. The number of aryl methyl sites for hydroxylation is 1. The van der Waals surface area contributed by atoms with E-state index in [0.717, 1.165) is 30.7 Å². The van der Waals surface area contributed by atoms with Gasteiger partial charge in [-0.1, -0.05) is 11.6 Å². The van der Waals surface area contributed by atoms with E-state index in [0.29, 0.717) is 17.9 Å². The Balaban J connectivity index is 1.97. The molecule has 0 amide bonds. The van der Waals surface area contributed by atoms with E-state index in [-0.39, 0.29) is 0 Å². The second-order valence-electron chi connectivity index (χ2n) is 5.17. The van der Waals surface area contributed by atoms with E-state index in [2.05, 4.69) is 17.9 Å². The maximum atomic E-state index is 11.6. The van der Waals surface area contributed by atoms with Gasteiger partial charge >= 0.3 is 0 Å². The van der Waals surface area contributed by atoms with E-state index >= 15 is 0 Å². The highest BCUT2D eigenvalue weighted by Gasteiger charge is 2.40. The van der Waals surface area contributed by atoms with Crippen LogP contribution in [0, 0.1) is 6.92 Å². The largest absolute Gasteiger partial charge is 0.364 e. The van der Waals surface area contributed by atoms with Crippen molar-refractivity contribution in [3.63, 3.8) is 0 Å². The molecule has 1 aromatic rings. The molecule has 1 aromatic carbocycles. The molecule has 2 saturated heterocycles. The van der Waals surface area contributed by atoms with Crippen LogP contribution in [0.1, 0.15) is 31.2 Å². The Kier molecular flexibility index (Phi) is 2.62. The molecule has 2 aliphatic heterocycles. The van der Waals surface area contributed by atoms with E-state index < -0.39 is 0 Å². The van der Waals surface area contributed by atoms with Crippen LogP contribution >= 0.6 is 11.6 Å². The van der Waals surface area contributed by atoms with Gasteiger partial charge in [0, 0.05) is 35.6 Å². The topological polar surface area (TPSA) is 20.3 Å². The van der Waals surface area contributed by atoms with Crippen molar-refractivity contribution < 1.29 is 4.79 Å². The zero-order chi connectivity index (χ0) is 12.0. The first-order valence-electron chi connectivity index (χ1n) is 6.21. The van der Waals surface area contributed by atoms with Gasteiger partial charge in [0.25, 0.3) is 0 Å². The smallest absolute Gasteiger partial charge is 0.137 e. The number of Topliss-reactive ketones (excluding diaryl/α,β-unsaturated/α-hetero) is 1. The number of anilines is 1. The van der Waals surface area contributed by atoms with Gasteiger partial charge in [0.1, 0.15) is 5.78 Å². The van der Waals surface area contributed by atoms with Gasteiger partial charge in [0.2, 0.25) is 0 Å². The summed E-state index contributed by atoms with van der Waals surface area (Å²) in [5.74, 6) is 0.431. The summed E-state index contributed by atoms with van der Waals surface area (Å²) >= 11 is 5.99. The van der Waals surface area contributed by atoms with E-state index in [1.54, 1.807) is 0 Å². The van der Waals surface area contributed by atoms with E-state index in [9.17, 15) is 4.79 Å². The molecule has 0 aromatic heterocycles. The highest BCUT2D eigenvalue weighted by Crippen LogP contribution is 2.39. The lowest BCUT2D eigenvalue weighted by Crippen LogP contribution is -2.43. The lowest BCUT2D eigenvalue weighted by molar-refractivity contribution is -0.120. The van der Waals surface area contributed by atoms with Crippen LogP contribution in [0.2, 0.25) is 5.02 Å². The van der Waals surface area contributed by atoms with Crippen LogP contribution in [0.5, 0.6) is 0 Å². The molecule has 0 N–H and O–H groups in total. The minimum Gasteiger partial charge on any atom is -0.364 e. The molecule has 3 heteroatoms. The summed E-state index contributed by atoms with van der Waals surface area (Å²) in [5, 5.41) is 0.784. The first-order valence-corrected chi connectivity index (χ1v) is 6.59. The summed E-state index contributed by atoms with van der Waals surface area (Å²) in [5.41, 5.74) is 2.47. The van der Waals surface area contributed by atoms with Crippen molar-refractivity contribution in [1.29, 1.82) is 0 Å². The molecule has 2 aliphatic rings. The van der Waals surface area contributed by atoms with Crippen molar-refractivity contribution in [2.45, 2.75) is 44.7 Å². The number of hydrogen-bond donors (Lipinski definition) is 0. The lowest BCUT2D eigenvalue weighted by Gasteiger charge is -2.37. The number of ketones is 1. The van der Waals surface area contributed by atoms with Gasteiger partial charge in [-0.15, -0.1) is 0 Å². The standard InChI is InChI=1S/C14H16ClNO/c1-9-6-10(15)2-5-14(9)16-11-3-4-12(16)8-13(17)7-11/h2,5-6,11-12H,3-4,7-8H2,1H3. The summed E-state index contributed by atoms with van der Waals surface area (Å²) < 4.78 is 0. The Bertz CT molecular complexity index is 455. The Morgan fingerprint density at radius 1 is 1.24 bits per heavy atom. The number of nitrogens with zero attached hydrogens (tertiary/aromatic N) is 1. The van der Waals surface area contributed by atoms with Crippen LogP contribution in [-0.4, -0.2) is 17.9 Å². The maximum Gasteiger partial charge on any atom is 0.137 e. The van der Waals surface area contributed by atoms with E-state index in [1.807, 2.05) is 12.1 Å². The Labute approximate surface area is 107 Å². The van der Waals surface area contributed by atoms with Gasteiger partial charge < -0.3 is 4.90 Å². The third-order valence-corrected chi connectivity index (χ3v) is 4.22. The number of benzene rings is 1. The Morgan fingerprint density at radius 2 is 1.88 bits per heavy atom. The van der Waals surface area contributed by atoms with Crippen LogP contribution in [-0.2, 0) is 4.79 Å². The molecular weight excluding hydrogens is 234 g/mol. The van der Waals surface area contributed by atoms with Crippen LogP contribution in [0.25, 0.3) is 0 Å². The quantitative estimate of drug-likeness (QED) is 0.761. The zero-order valence-corrected chi connectivity index (χ0v) is 10.7. The number of rotatable bonds is 1. The van der Waals surface area contributed by atoms with Gasteiger partial charge in [-0.2, -0.15) is 0 Å².